The molecule has 3 rings (SSSR count). The SMILES string of the molecule is CS(=O)(=O)CC[C@@H](C(=O)NCc1cccnc1)N1Cc2ccccc2C1=O. The number of rotatable bonds is 7. The third-order valence-electron chi connectivity index (χ3n) is 4.48. The molecule has 0 aliphatic carbocycles. The molecule has 1 atom stereocenters. The largest absolute Gasteiger partial charge is 0.350 e. The van der Waals surface area contributed by atoms with Crippen LogP contribution in [0.5, 0.6) is 0 Å². The van der Waals surface area contributed by atoms with Crippen molar-refractivity contribution in [2.45, 2.75) is 25.6 Å². The first-order chi connectivity index (χ1) is 12.8. The van der Waals surface area contributed by atoms with E-state index in [1.807, 2.05) is 18.2 Å². The summed E-state index contributed by atoms with van der Waals surface area (Å²) in [4.78, 5) is 31.0. The van der Waals surface area contributed by atoms with Crippen molar-refractivity contribution in [1.82, 2.24) is 15.2 Å². The lowest BCUT2D eigenvalue weighted by Crippen LogP contribution is -2.47. The second-order valence-corrected chi connectivity index (χ2v) is 8.86. The molecule has 7 nitrogen and oxygen atoms in total. The number of nitrogens with one attached hydrogen (secondary N) is 1. The van der Waals surface area contributed by atoms with Crippen molar-refractivity contribution in [3.05, 3.63) is 65.5 Å². The number of fused-ring (bicyclic) bond motifs is 1. The van der Waals surface area contributed by atoms with Gasteiger partial charge in [-0.1, -0.05) is 24.3 Å². The number of aromatic nitrogens is 1. The number of nitrogens with zero attached hydrogens (tertiary/aromatic N) is 2. The second-order valence-electron chi connectivity index (χ2n) is 6.60. The minimum Gasteiger partial charge on any atom is -0.350 e. The molecule has 0 spiro atoms. The molecule has 0 fully saturated rings. The molecule has 1 aliphatic rings. The minimum atomic E-state index is -3.26. The first kappa shape index (κ1) is 19.0. The summed E-state index contributed by atoms with van der Waals surface area (Å²) in [5, 5.41) is 2.79. The Morgan fingerprint density at radius 2 is 2.04 bits per heavy atom. The van der Waals surface area contributed by atoms with Gasteiger partial charge < -0.3 is 10.2 Å². The fourth-order valence-corrected chi connectivity index (χ4v) is 3.74. The van der Waals surface area contributed by atoms with Gasteiger partial charge in [0, 0.05) is 37.3 Å². The number of hydrogen-bond donors (Lipinski definition) is 1. The van der Waals surface area contributed by atoms with Crippen LogP contribution in [0.4, 0.5) is 0 Å². The van der Waals surface area contributed by atoms with Crippen LogP contribution in [0.2, 0.25) is 0 Å². The first-order valence-electron chi connectivity index (χ1n) is 8.58. The highest BCUT2D eigenvalue weighted by atomic mass is 32.2. The first-order valence-corrected chi connectivity index (χ1v) is 10.6. The van der Waals surface area contributed by atoms with Crippen molar-refractivity contribution in [3.63, 3.8) is 0 Å². The zero-order chi connectivity index (χ0) is 19.4. The predicted molar refractivity (Wildman–Crippen MR) is 101 cm³/mol. The van der Waals surface area contributed by atoms with Crippen molar-refractivity contribution < 1.29 is 18.0 Å². The maximum absolute atomic E-state index is 12.8. The predicted octanol–water partition coefficient (Wildman–Crippen LogP) is 1.16. The molecule has 2 heterocycles. The number of pyridine rings is 1. The van der Waals surface area contributed by atoms with Crippen LogP contribution in [0.3, 0.4) is 0 Å². The standard InChI is InChI=1S/C19H21N3O4S/c1-27(25,26)10-8-17(18(23)21-12-14-5-4-9-20-11-14)22-13-15-6-2-3-7-16(15)19(22)24/h2-7,9,11,17H,8,10,12-13H2,1H3,(H,21,23)/t17-/m0/s1. The average Bonchev–Trinajstić information content (AvgIpc) is 2.97. The van der Waals surface area contributed by atoms with Gasteiger partial charge in [-0.2, -0.15) is 0 Å². The molecule has 1 N–H and O–H groups in total. The quantitative estimate of drug-likeness (QED) is 0.769. The Morgan fingerprint density at radius 3 is 2.70 bits per heavy atom. The van der Waals surface area contributed by atoms with Crippen LogP contribution in [0, 0.1) is 0 Å². The molecule has 2 amide bonds. The van der Waals surface area contributed by atoms with E-state index in [2.05, 4.69) is 10.3 Å². The van der Waals surface area contributed by atoms with Crippen molar-refractivity contribution in [2.75, 3.05) is 12.0 Å². The fourth-order valence-electron chi connectivity index (χ4n) is 3.09. The fraction of sp³-hybridized carbons (Fsp3) is 0.316. The third kappa shape index (κ3) is 4.71. The van der Waals surface area contributed by atoms with Crippen LogP contribution in [-0.4, -0.2) is 48.2 Å². The molecule has 1 aliphatic heterocycles. The number of carbonyl (C=O) groups is 2. The van der Waals surface area contributed by atoms with E-state index in [1.165, 1.54) is 4.90 Å². The summed E-state index contributed by atoms with van der Waals surface area (Å²) in [6, 6.07) is 9.92. The van der Waals surface area contributed by atoms with E-state index in [1.54, 1.807) is 30.6 Å². The molecule has 27 heavy (non-hydrogen) atoms. The van der Waals surface area contributed by atoms with Crippen LogP contribution in [0.25, 0.3) is 0 Å². The molecule has 1 aromatic carbocycles. The average molecular weight is 387 g/mol. The highest BCUT2D eigenvalue weighted by molar-refractivity contribution is 7.90. The lowest BCUT2D eigenvalue weighted by atomic mass is 10.1. The van der Waals surface area contributed by atoms with Gasteiger partial charge >= 0.3 is 0 Å². The van der Waals surface area contributed by atoms with E-state index >= 15 is 0 Å². The monoisotopic (exact) mass is 387 g/mol. The van der Waals surface area contributed by atoms with Gasteiger partial charge in [0.1, 0.15) is 15.9 Å². The van der Waals surface area contributed by atoms with Crippen molar-refractivity contribution in [2.24, 2.45) is 0 Å². The summed E-state index contributed by atoms with van der Waals surface area (Å²) in [5.41, 5.74) is 2.22. The van der Waals surface area contributed by atoms with Crippen LogP contribution in [0.1, 0.15) is 27.9 Å². The van der Waals surface area contributed by atoms with Gasteiger partial charge in [-0.3, -0.25) is 14.6 Å². The maximum Gasteiger partial charge on any atom is 0.255 e. The Labute approximate surface area is 158 Å². The van der Waals surface area contributed by atoms with Crippen LogP contribution >= 0.6 is 0 Å². The summed E-state index contributed by atoms with van der Waals surface area (Å²) >= 11 is 0. The Hall–Kier alpha value is -2.74. The van der Waals surface area contributed by atoms with Crippen LogP contribution in [0.15, 0.2) is 48.8 Å². The van der Waals surface area contributed by atoms with Gasteiger partial charge in [0.25, 0.3) is 5.91 Å². The van der Waals surface area contributed by atoms with Gasteiger partial charge in [0.2, 0.25) is 5.91 Å². The highest BCUT2D eigenvalue weighted by Gasteiger charge is 2.36. The minimum absolute atomic E-state index is 0.0530. The summed E-state index contributed by atoms with van der Waals surface area (Å²) in [6.45, 7) is 0.556. The van der Waals surface area contributed by atoms with Gasteiger partial charge in [-0.15, -0.1) is 0 Å². The molecular weight excluding hydrogens is 366 g/mol. The van der Waals surface area contributed by atoms with Gasteiger partial charge in [0.05, 0.1) is 5.75 Å². The van der Waals surface area contributed by atoms with Crippen molar-refractivity contribution in [3.8, 4) is 0 Å². The Bertz CT molecular complexity index is 944. The summed E-state index contributed by atoms with van der Waals surface area (Å²) in [7, 11) is -3.26. The maximum atomic E-state index is 12.8. The molecular formula is C19H21N3O4S. The van der Waals surface area contributed by atoms with Gasteiger partial charge in [-0.25, -0.2) is 8.42 Å². The normalized spacial score (nSPS) is 14.7. The molecule has 8 heteroatoms. The smallest absolute Gasteiger partial charge is 0.255 e. The second kappa shape index (κ2) is 7.87. The number of sulfone groups is 1. The zero-order valence-electron chi connectivity index (χ0n) is 15.0. The molecule has 0 saturated heterocycles. The molecule has 2 aromatic rings. The number of benzene rings is 1. The van der Waals surface area contributed by atoms with E-state index in [0.29, 0.717) is 12.1 Å². The highest BCUT2D eigenvalue weighted by Crippen LogP contribution is 2.25. The topological polar surface area (TPSA) is 96.4 Å². The molecule has 0 unspecified atom stereocenters. The molecule has 0 saturated carbocycles. The van der Waals surface area contributed by atoms with Crippen molar-refractivity contribution in [1.29, 1.82) is 0 Å². The van der Waals surface area contributed by atoms with Crippen LogP contribution in [-0.2, 0) is 27.7 Å². The van der Waals surface area contributed by atoms with Gasteiger partial charge in [-0.05, 0) is 29.7 Å². The van der Waals surface area contributed by atoms with E-state index in [-0.39, 0.29) is 30.5 Å². The molecule has 142 valence electrons. The summed E-state index contributed by atoms with van der Waals surface area (Å²) in [6.07, 6.45) is 4.46. The van der Waals surface area contributed by atoms with Gasteiger partial charge in [0.15, 0.2) is 0 Å². The molecule has 0 radical (unpaired) electrons. The number of carbonyl (C=O) groups excluding carboxylic acids is 2. The van der Waals surface area contributed by atoms with E-state index < -0.39 is 15.9 Å². The van der Waals surface area contributed by atoms with E-state index in [9.17, 15) is 18.0 Å². The summed E-state index contributed by atoms with van der Waals surface area (Å²) < 4.78 is 23.2. The number of hydrogen-bond acceptors (Lipinski definition) is 5. The third-order valence-corrected chi connectivity index (χ3v) is 5.46. The molecule has 0 bridgehead atoms. The Morgan fingerprint density at radius 1 is 1.26 bits per heavy atom. The van der Waals surface area contributed by atoms with Crippen molar-refractivity contribution >= 4 is 21.7 Å². The van der Waals surface area contributed by atoms with Crippen LogP contribution < -0.4 is 5.32 Å². The van der Waals surface area contributed by atoms with E-state index in [0.717, 1.165) is 17.4 Å². The zero-order valence-corrected chi connectivity index (χ0v) is 15.8. The lowest BCUT2D eigenvalue weighted by Gasteiger charge is -2.26. The summed E-state index contributed by atoms with van der Waals surface area (Å²) in [5.74, 6) is -0.790. The Balaban J connectivity index is 1.77. The Kier molecular flexibility index (Phi) is 5.55. The van der Waals surface area contributed by atoms with E-state index in [4.69, 9.17) is 0 Å². The number of amides is 2. The lowest BCUT2D eigenvalue weighted by molar-refractivity contribution is -0.126. The molecule has 1 aromatic heterocycles.